The van der Waals surface area contributed by atoms with Crippen LogP contribution in [0.3, 0.4) is 0 Å². The molecule has 1 unspecified atom stereocenters. The lowest BCUT2D eigenvalue weighted by atomic mass is 10.1. The molecule has 1 aliphatic heterocycles. The Labute approximate surface area is 117 Å². The summed E-state index contributed by atoms with van der Waals surface area (Å²) in [5.74, 6) is 2.09. The molecule has 1 saturated heterocycles. The lowest BCUT2D eigenvalue weighted by molar-refractivity contribution is -0.132. The number of carbonyl (C=O) groups excluding carboxylic acids is 1. The van der Waals surface area contributed by atoms with Gasteiger partial charge >= 0.3 is 0 Å². The van der Waals surface area contributed by atoms with Gasteiger partial charge in [-0.05, 0) is 17.7 Å². The summed E-state index contributed by atoms with van der Waals surface area (Å²) in [6, 6.07) is 7.91. The predicted molar refractivity (Wildman–Crippen MR) is 76.9 cm³/mol. The van der Waals surface area contributed by atoms with Crippen molar-refractivity contribution in [1.82, 2.24) is 4.90 Å². The molecule has 5 heteroatoms. The summed E-state index contributed by atoms with van der Waals surface area (Å²) in [5.41, 5.74) is 6.62. The Bertz CT molecular complexity index is 410. The first-order valence-corrected chi connectivity index (χ1v) is 7.58. The van der Waals surface area contributed by atoms with Crippen molar-refractivity contribution in [2.75, 3.05) is 24.6 Å². The maximum Gasteiger partial charge on any atom is 0.224 e. The van der Waals surface area contributed by atoms with Crippen LogP contribution in [-0.2, 0) is 4.79 Å². The van der Waals surface area contributed by atoms with Crippen molar-refractivity contribution in [3.8, 4) is 0 Å². The molecule has 0 radical (unpaired) electrons. The van der Waals surface area contributed by atoms with Gasteiger partial charge in [-0.1, -0.05) is 23.7 Å². The van der Waals surface area contributed by atoms with E-state index in [0.29, 0.717) is 13.0 Å². The van der Waals surface area contributed by atoms with E-state index in [4.69, 9.17) is 17.3 Å². The fraction of sp³-hybridized carbons (Fsp3) is 0.462. The molecule has 1 aliphatic rings. The second-order valence-corrected chi connectivity index (χ2v) is 5.85. The summed E-state index contributed by atoms with van der Waals surface area (Å²) in [6.07, 6.45) is 0.425. The summed E-state index contributed by atoms with van der Waals surface area (Å²) < 4.78 is 0. The molecule has 2 rings (SSSR count). The molecule has 0 spiro atoms. The molecule has 0 aliphatic carbocycles. The van der Waals surface area contributed by atoms with Gasteiger partial charge in [0.1, 0.15) is 0 Å². The lowest BCUT2D eigenvalue weighted by Gasteiger charge is -2.35. The van der Waals surface area contributed by atoms with Gasteiger partial charge in [0, 0.05) is 36.0 Å². The zero-order valence-electron chi connectivity index (χ0n) is 10.1. The summed E-state index contributed by atoms with van der Waals surface area (Å²) in [7, 11) is 0. The quantitative estimate of drug-likeness (QED) is 0.926. The minimum absolute atomic E-state index is 0.151. The Morgan fingerprint density at radius 1 is 1.44 bits per heavy atom. The Hall–Kier alpha value is -0.710. The lowest BCUT2D eigenvalue weighted by Crippen LogP contribution is -2.41. The standard InChI is InChI=1S/C13H17ClN2OS/c14-11-3-1-10(2-4-11)12-9-18-8-7-16(12)13(17)5-6-15/h1-4,12H,5-9,15H2. The van der Waals surface area contributed by atoms with Crippen molar-refractivity contribution in [1.29, 1.82) is 0 Å². The maximum absolute atomic E-state index is 12.1. The van der Waals surface area contributed by atoms with Crippen LogP contribution in [0.2, 0.25) is 5.02 Å². The average Bonchev–Trinajstić information content (AvgIpc) is 2.40. The van der Waals surface area contributed by atoms with E-state index in [-0.39, 0.29) is 11.9 Å². The highest BCUT2D eigenvalue weighted by atomic mass is 35.5. The third-order valence-corrected chi connectivity index (χ3v) is 4.34. The second kappa shape index (κ2) is 6.45. The van der Waals surface area contributed by atoms with Crippen molar-refractivity contribution in [3.63, 3.8) is 0 Å². The van der Waals surface area contributed by atoms with Crippen LogP contribution >= 0.6 is 23.4 Å². The van der Waals surface area contributed by atoms with E-state index in [1.807, 2.05) is 40.9 Å². The Balaban J connectivity index is 2.17. The van der Waals surface area contributed by atoms with Crippen LogP contribution in [0.4, 0.5) is 0 Å². The van der Waals surface area contributed by atoms with Gasteiger partial charge in [0.25, 0.3) is 0 Å². The van der Waals surface area contributed by atoms with Crippen LogP contribution in [-0.4, -0.2) is 35.4 Å². The van der Waals surface area contributed by atoms with E-state index < -0.39 is 0 Å². The van der Waals surface area contributed by atoms with Gasteiger partial charge in [-0.15, -0.1) is 0 Å². The number of carbonyl (C=O) groups is 1. The van der Waals surface area contributed by atoms with Gasteiger partial charge in [-0.2, -0.15) is 11.8 Å². The third-order valence-electron chi connectivity index (χ3n) is 3.06. The van der Waals surface area contributed by atoms with E-state index in [2.05, 4.69) is 0 Å². The zero-order valence-corrected chi connectivity index (χ0v) is 11.7. The van der Waals surface area contributed by atoms with Gasteiger partial charge in [-0.25, -0.2) is 0 Å². The van der Waals surface area contributed by atoms with Crippen LogP contribution in [0.15, 0.2) is 24.3 Å². The zero-order chi connectivity index (χ0) is 13.0. The largest absolute Gasteiger partial charge is 0.334 e. The predicted octanol–water partition coefficient (Wildman–Crippen LogP) is 2.31. The van der Waals surface area contributed by atoms with Crippen LogP contribution in [0.5, 0.6) is 0 Å². The molecule has 2 N–H and O–H groups in total. The summed E-state index contributed by atoms with van der Waals surface area (Å²) in [6.45, 7) is 1.21. The minimum Gasteiger partial charge on any atom is -0.334 e. The highest BCUT2D eigenvalue weighted by molar-refractivity contribution is 7.99. The molecule has 0 saturated carbocycles. The first-order chi connectivity index (χ1) is 8.72. The molecule has 1 heterocycles. The maximum atomic E-state index is 12.1. The van der Waals surface area contributed by atoms with Gasteiger partial charge in [0.2, 0.25) is 5.91 Å². The number of amides is 1. The topological polar surface area (TPSA) is 46.3 Å². The molecule has 3 nitrogen and oxygen atoms in total. The van der Waals surface area contributed by atoms with E-state index >= 15 is 0 Å². The van der Waals surface area contributed by atoms with Crippen molar-refractivity contribution in [2.24, 2.45) is 5.73 Å². The summed E-state index contributed by atoms with van der Waals surface area (Å²) in [5, 5.41) is 0.724. The van der Waals surface area contributed by atoms with E-state index in [1.54, 1.807) is 0 Å². The van der Waals surface area contributed by atoms with Crippen LogP contribution in [0.25, 0.3) is 0 Å². The molecular weight excluding hydrogens is 268 g/mol. The van der Waals surface area contributed by atoms with E-state index in [1.165, 1.54) is 0 Å². The number of hydrogen-bond donors (Lipinski definition) is 1. The molecule has 1 aromatic carbocycles. The smallest absolute Gasteiger partial charge is 0.224 e. The van der Waals surface area contributed by atoms with Crippen molar-refractivity contribution in [3.05, 3.63) is 34.9 Å². The van der Waals surface area contributed by atoms with Gasteiger partial charge in [0.05, 0.1) is 6.04 Å². The van der Waals surface area contributed by atoms with Crippen molar-refractivity contribution in [2.45, 2.75) is 12.5 Å². The summed E-state index contributed by atoms with van der Waals surface area (Å²) >= 11 is 7.78. The fourth-order valence-corrected chi connectivity index (χ4v) is 3.34. The molecule has 1 atom stereocenters. The number of halogens is 1. The molecule has 0 bridgehead atoms. The first-order valence-electron chi connectivity index (χ1n) is 6.05. The van der Waals surface area contributed by atoms with Crippen LogP contribution < -0.4 is 5.73 Å². The van der Waals surface area contributed by atoms with Gasteiger partial charge < -0.3 is 10.6 Å². The van der Waals surface area contributed by atoms with E-state index in [0.717, 1.165) is 28.6 Å². The highest BCUT2D eigenvalue weighted by Crippen LogP contribution is 2.30. The monoisotopic (exact) mass is 284 g/mol. The molecule has 98 valence electrons. The normalized spacial score (nSPS) is 19.9. The van der Waals surface area contributed by atoms with Crippen LogP contribution in [0, 0.1) is 0 Å². The number of benzene rings is 1. The van der Waals surface area contributed by atoms with Gasteiger partial charge in [0.15, 0.2) is 0 Å². The van der Waals surface area contributed by atoms with E-state index in [9.17, 15) is 4.79 Å². The second-order valence-electron chi connectivity index (χ2n) is 4.27. The van der Waals surface area contributed by atoms with Gasteiger partial charge in [-0.3, -0.25) is 4.79 Å². The van der Waals surface area contributed by atoms with Crippen molar-refractivity contribution >= 4 is 29.3 Å². The molecule has 1 fully saturated rings. The average molecular weight is 285 g/mol. The number of rotatable bonds is 3. The number of nitrogens with two attached hydrogens (primary N) is 1. The third kappa shape index (κ3) is 3.19. The highest BCUT2D eigenvalue weighted by Gasteiger charge is 2.27. The minimum atomic E-state index is 0.151. The Morgan fingerprint density at radius 2 is 2.17 bits per heavy atom. The fourth-order valence-electron chi connectivity index (χ4n) is 2.13. The number of thioether (sulfide) groups is 1. The molecule has 18 heavy (non-hydrogen) atoms. The first kappa shape index (κ1) is 13.7. The Morgan fingerprint density at radius 3 is 2.83 bits per heavy atom. The number of nitrogens with zero attached hydrogens (tertiary/aromatic N) is 1. The molecule has 1 aromatic rings. The van der Waals surface area contributed by atoms with Crippen molar-refractivity contribution < 1.29 is 4.79 Å². The molecule has 0 aromatic heterocycles. The van der Waals surface area contributed by atoms with Crippen LogP contribution in [0.1, 0.15) is 18.0 Å². The summed E-state index contributed by atoms with van der Waals surface area (Å²) in [4.78, 5) is 14.0. The molecule has 1 amide bonds. The SMILES string of the molecule is NCCC(=O)N1CCSCC1c1ccc(Cl)cc1. The number of hydrogen-bond acceptors (Lipinski definition) is 3. The Kier molecular flexibility index (Phi) is 4.92. The molecular formula is C13H17ClN2OS.